The van der Waals surface area contributed by atoms with Crippen LogP contribution >= 0.6 is 0 Å². The molecule has 2 heterocycles. The first-order valence-electron chi connectivity index (χ1n) is 7.99. The van der Waals surface area contributed by atoms with Gasteiger partial charge in [-0.1, -0.05) is 30.3 Å². The molecule has 1 N–H and O–H groups in total. The number of aliphatic hydroxyl groups is 1. The van der Waals surface area contributed by atoms with Gasteiger partial charge in [0, 0.05) is 38.4 Å². The van der Waals surface area contributed by atoms with Crippen LogP contribution in [0.5, 0.6) is 0 Å². The van der Waals surface area contributed by atoms with Crippen LogP contribution in [0, 0.1) is 5.92 Å². The van der Waals surface area contributed by atoms with Crippen molar-refractivity contribution in [2.24, 2.45) is 13.0 Å². The van der Waals surface area contributed by atoms with Gasteiger partial charge in [-0.15, -0.1) is 0 Å². The van der Waals surface area contributed by atoms with Crippen molar-refractivity contribution in [2.45, 2.75) is 31.9 Å². The Kier molecular flexibility index (Phi) is 4.32. The second kappa shape index (κ2) is 6.23. The Bertz CT molecular complexity index is 606. The summed E-state index contributed by atoms with van der Waals surface area (Å²) in [5.41, 5.74) is 0.708. The van der Waals surface area contributed by atoms with E-state index in [0.29, 0.717) is 0 Å². The predicted molar refractivity (Wildman–Crippen MR) is 87.4 cm³/mol. The van der Waals surface area contributed by atoms with Crippen LogP contribution in [0.3, 0.4) is 0 Å². The van der Waals surface area contributed by atoms with Crippen molar-refractivity contribution in [3.63, 3.8) is 0 Å². The first-order valence-corrected chi connectivity index (χ1v) is 7.99. The summed E-state index contributed by atoms with van der Waals surface area (Å²) in [6.45, 7) is 4.67. The lowest BCUT2D eigenvalue weighted by molar-refractivity contribution is -0.0599. The highest BCUT2D eigenvalue weighted by atomic mass is 16.3. The molecule has 0 radical (unpaired) electrons. The zero-order chi connectivity index (χ0) is 15.6. The smallest absolute Gasteiger partial charge is 0.122 e. The fraction of sp³-hybridized carbons (Fsp3) is 0.500. The summed E-state index contributed by atoms with van der Waals surface area (Å²) in [6, 6.07) is 10.5. The molecule has 0 saturated carbocycles. The molecule has 1 aromatic carbocycles. The van der Waals surface area contributed by atoms with E-state index in [-0.39, 0.29) is 5.92 Å². The second-order valence-electron chi connectivity index (χ2n) is 6.68. The van der Waals surface area contributed by atoms with E-state index in [1.807, 2.05) is 32.4 Å². The van der Waals surface area contributed by atoms with Crippen LogP contribution in [0.15, 0.2) is 42.7 Å². The fourth-order valence-corrected chi connectivity index (χ4v) is 3.26. The summed E-state index contributed by atoms with van der Waals surface area (Å²) in [5, 5.41) is 10.7. The number of benzene rings is 1. The minimum atomic E-state index is -0.589. The Morgan fingerprint density at radius 3 is 2.77 bits per heavy atom. The first-order chi connectivity index (χ1) is 10.5. The molecule has 0 unspecified atom stereocenters. The first kappa shape index (κ1) is 15.3. The van der Waals surface area contributed by atoms with E-state index in [1.165, 1.54) is 5.56 Å². The van der Waals surface area contributed by atoms with Gasteiger partial charge in [0.1, 0.15) is 5.82 Å². The standard InChI is InChI=1S/C18H25N3O/c1-18(22)8-10-21(14-17-19-9-11-20(17)2)13-16(18)12-15-6-4-3-5-7-15/h3-7,9,11,16,22H,8,10,12-14H2,1-2H3/t16-,18+/m0/s1. The zero-order valence-electron chi connectivity index (χ0n) is 13.4. The van der Waals surface area contributed by atoms with Gasteiger partial charge < -0.3 is 9.67 Å². The molecule has 22 heavy (non-hydrogen) atoms. The average Bonchev–Trinajstić information content (AvgIpc) is 2.89. The fourth-order valence-electron chi connectivity index (χ4n) is 3.26. The minimum absolute atomic E-state index is 0.254. The summed E-state index contributed by atoms with van der Waals surface area (Å²) < 4.78 is 2.07. The molecule has 2 atom stereocenters. The van der Waals surface area contributed by atoms with Gasteiger partial charge in [-0.3, -0.25) is 4.90 Å². The lowest BCUT2D eigenvalue weighted by atomic mass is 9.79. The Hall–Kier alpha value is -1.65. The monoisotopic (exact) mass is 299 g/mol. The largest absolute Gasteiger partial charge is 0.390 e. The highest BCUT2D eigenvalue weighted by Crippen LogP contribution is 2.31. The Balaban J connectivity index is 1.69. The number of imidazole rings is 1. The van der Waals surface area contributed by atoms with E-state index in [2.05, 4.69) is 38.7 Å². The molecule has 118 valence electrons. The van der Waals surface area contributed by atoms with Gasteiger partial charge in [0.15, 0.2) is 0 Å². The predicted octanol–water partition coefficient (Wildman–Crippen LogP) is 2.24. The molecule has 4 nitrogen and oxygen atoms in total. The van der Waals surface area contributed by atoms with Crippen LogP contribution in [0.25, 0.3) is 0 Å². The molecule has 0 spiro atoms. The third-order valence-electron chi connectivity index (χ3n) is 4.90. The van der Waals surface area contributed by atoms with E-state index in [9.17, 15) is 5.11 Å². The van der Waals surface area contributed by atoms with Crippen molar-refractivity contribution in [3.8, 4) is 0 Å². The van der Waals surface area contributed by atoms with Crippen LogP contribution in [-0.2, 0) is 20.0 Å². The van der Waals surface area contributed by atoms with Crippen LogP contribution in [0.4, 0.5) is 0 Å². The third kappa shape index (κ3) is 3.39. The van der Waals surface area contributed by atoms with E-state index >= 15 is 0 Å². The maximum Gasteiger partial charge on any atom is 0.122 e. The Morgan fingerprint density at radius 2 is 2.09 bits per heavy atom. The van der Waals surface area contributed by atoms with E-state index in [1.54, 1.807) is 0 Å². The van der Waals surface area contributed by atoms with Gasteiger partial charge in [0.2, 0.25) is 0 Å². The van der Waals surface area contributed by atoms with Crippen molar-refractivity contribution in [1.82, 2.24) is 14.5 Å². The van der Waals surface area contributed by atoms with Crippen molar-refractivity contribution < 1.29 is 5.11 Å². The molecule has 1 fully saturated rings. The number of hydrogen-bond donors (Lipinski definition) is 1. The number of aryl methyl sites for hydroxylation is 1. The number of piperidine rings is 1. The molecule has 0 bridgehead atoms. The second-order valence-corrected chi connectivity index (χ2v) is 6.68. The topological polar surface area (TPSA) is 41.3 Å². The Labute approximate surface area is 132 Å². The van der Waals surface area contributed by atoms with Gasteiger partial charge >= 0.3 is 0 Å². The number of hydrogen-bond acceptors (Lipinski definition) is 3. The SMILES string of the molecule is Cn1ccnc1CN1CC[C@@](C)(O)[C@@H](Cc2ccccc2)C1. The number of rotatable bonds is 4. The molecule has 2 aromatic rings. The quantitative estimate of drug-likeness (QED) is 0.941. The molecule has 4 heteroatoms. The highest BCUT2D eigenvalue weighted by Gasteiger charge is 2.37. The maximum atomic E-state index is 10.7. The summed E-state index contributed by atoms with van der Waals surface area (Å²) in [5.74, 6) is 1.34. The van der Waals surface area contributed by atoms with Crippen LogP contribution in [0.1, 0.15) is 24.7 Å². The molecule has 3 rings (SSSR count). The summed E-state index contributed by atoms with van der Waals surface area (Å²) in [4.78, 5) is 6.82. The van der Waals surface area contributed by atoms with E-state index < -0.39 is 5.60 Å². The van der Waals surface area contributed by atoms with Crippen molar-refractivity contribution in [1.29, 1.82) is 0 Å². The van der Waals surface area contributed by atoms with Gasteiger partial charge in [0.25, 0.3) is 0 Å². The van der Waals surface area contributed by atoms with E-state index in [0.717, 1.165) is 38.3 Å². The Morgan fingerprint density at radius 1 is 1.32 bits per heavy atom. The van der Waals surface area contributed by atoms with Gasteiger partial charge in [-0.2, -0.15) is 0 Å². The summed E-state index contributed by atoms with van der Waals surface area (Å²) in [6.07, 6.45) is 5.56. The minimum Gasteiger partial charge on any atom is -0.390 e. The van der Waals surface area contributed by atoms with Crippen LogP contribution in [-0.4, -0.2) is 38.2 Å². The molecule has 1 aromatic heterocycles. The lowest BCUT2D eigenvalue weighted by Gasteiger charge is -2.42. The molecule has 1 aliphatic rings. The van der Waals surface area contributed by atoms with Gasteiger partial charge in [-0.05, 0) is 25.3 Å². The molecular weight excluding hydrogens is 274 g/mol. The van der Waals surface area contributed by atoms with Crippen molar-refractivity contribution >= 4 is 0 Å². The lowest BCUT2D eigenvalue weighted by Crippen LogP contribution is -2.50. The highest BCUT2D eigenvalue weighted by molar-refractivity contribution is 5.16. The molecule has 1 aliphatic heterocycles. The molecule has 0 aliphatic carbocycles. The zero-order valence-corrected chi connectivity index (χ0v) is 13.4. The van der Waals surface area contributed by atoms with Crippen LogP contribution < -0.4 is 0 Å². The third-order valence-corrected chi connectivity index (χ3v) is 4.90. The normalized spacial score (nSPS) is 26.2. The summed E-state index contributed by atoms with van der Waals surface area (Å²) in [7, 11) is 2.03. The molecular formula is C18H25N3O. The number of aromatic nitrogens is 2. The van der Waals surface area contributed by atoms with Gasteiger partial charge in [0.05, 0.1) is 12.1 Å². The van der Waals surface area contributed by atoms with Crippen LogP contribution in [0.2, 0.25) is 0 Å². The van der Waals surface area contributed by atoms with E-state index in [4.69, 9.17) is 0 Å². The summed E-state index contributed by atoms with van der Waals surface area (Å²) >= 11 is 0. The molecule has 0 amide bonds. The van der Waals surface area contributed by atoms with Crippen molar-refractivity contribution in [3.05, 3.63) is 54.1 Å². The number of nitrogens with zero attached hydrogens (tertiary/aromatic N) is 3. The van der Waals surface area contributed by atoms with Crippen molar-refractivity contribution in [2.75, 3.05) is 13.1 Å². The molecule has 1 saturated heterocycles. The average molecular weight is 299 g/mol. The maximum absolute atomic E-state index is 10.7. The number of likely N-dealkylation sites (tertiary alicyclic amines) is 1. The van der Waals surface area contributed by atoms with Gasteiger partial charge in [-0.25, -0.2) is 4.98 Å².